The number of aromatic nitrogens is 3. The van der Waals surface area contributed by atoms with Crippen LogP contribution in [0.2, 0.25) is 0 Å². The maximum absolute atomic E-state index is 13.1. The molecule has 2 aromatic heterocycles. The largest absolute Gasteiger partial charge is 0.504 e. The number of amides is 1. The van der Waals surface area contributed by atoms with Crippen LogP contribution in [-0.2, 0) is 29.7 Å². The average molecular weight is 478 g/mol. The Balaban J connectivity index is 1.44. The lowest BCUT2D eigenvalue weighted by molar-refractivity contribution is -0.132. The van der Waals surface area contributed by atoms with E-state index >= 15 is 0 Å². The minimum Gasteiger partial charge on any atom is -0.504 e. The lowest BCUT2D eigenvalue weighted by Gasteiger charge is -2.24. The highest BCUT2D eigenvalue weighted by atomic mass is 16.5. The number of methoxy groups -OCH3 is 1. The highest BCUT2D eigenvalue weighted by Crippen LogP contribution is 2.26. The molecule has 1 atom stereocenters. The Bertz CT molecular complexity index is 1150. The van der Waals surface area contributed by atoms with Crippen molar-refractivity contribution in [2.24, 2.45) is 7.05 Å². The zero-order chi connectivity index (χ0) is 24.6. The lowest BCUT2D eigenvalue weighted by Crippen LogP contribution is -2.37. The average Bonchev–Trinajstić information content (AvgIpc) is 3.21. The molecule has 9 nitrogen and oxygen atoms in total. The van der Waals surface area contributed by atoms with E-state index < -0.39 is 0 Å². The van der Waals surface area contributed by atoms with Crippen LogP contribution in [-0.4, -0.2) is 75.0 Å². The zero-order valence-corrected chi connectivity index (χ0v) is 20.1. The van der Waals surface area contributed by atoms with E-state index in [0.29, 0.717) is 45.1 Å². The topological polar surface area (TPSA) is 93.0 Å². The summed E-state index contributed by atoms with van der Waals surface area (Å²) in [5.74, 6) is 0.582. The van der Waals surface area contributed by atoms with Gasteiger partial charge < -0.3 is 19.5 Å². The Morgan fingerprint density at radius 3 is 2.83 bits per heavy atom. The molecular formula is C26H31N5O4. The molecule has 184 valence electrons. The first-order valence-corrected chi connectivity index (χ1v) is 11.5. The molecule has 0 saturated carbocycles. The Morgan fingerprint density at radius 2 is 2.09 bits per heavy atom. The smallest absolute Gasteiger partial charge is 0.237 e. The molecule has 1 N–H and O–H groups in total. The van der Waals surface area contributed by atoms with Crippen molar-refractivity contribution in [1.82, 2.24) is 24.6 Å². The maximum Gasteiger partial charge on any atom is 0.237 e. The number of phenols is 1. The van der Waals surface area contributed by atoms with Crippen molar-refractivity contribution in [2.75, 3.05) is 33.3 Å². The number of phenolic OH excluding ortho intramolecular Hbond substituents is 1. The van der Waals surface area contributed by atoms with Crippen molar-refractivity contribution in [3.63, 3.8) is 0 Å². The summed E-state index contributed by atoms with van der Waals surface area (Å²) < 4.78 is 13.2. The SMILES string of the molecule is COc1cc(C=CCN2CC(=O)N(Cc3cnn(C)c3)CC(OCc3cccnc3)C2)ccc1O. The Morgan fingerprint density at radius 1 is 1.20 bits per heavy atom. The van der Waals surface area contributed by atoms with Crippen molar-refractivity contribution in [1.29, 1.82) is 0 Å². The minimum absolute atomic E-state index is 0.0565. The number of hydrogen-bond acceptors (Lipinski definition) is 7. The molecule has 1 aliphatic heterocycles. The minimum atomic E-state index is -0.152. The van der Waals surface area contributed by atoms with Gasteiger partial charge in [0.1, 0.15) is 0 Å². The highest BCUT2D eigenvalue weighted by molar-refractivity contribution is 5.78. The Kier molecular flexibility index (Phi) is 8.12. The number of carbonyl (C=O) groups excluding carboxylic acids is 1. The van der Waals surface area contributed by atoms with Crippen molar-refractivity contribution < 1.29 is 19.4 Å². The van der Waals surface area contributed by atoms with Crippen molar-refractivity contribution in [3.8, 4) is 11.5 Å². The quantitative estimate of drug-likeness (QED) is 0.506. The van der Waals surface area contributed by atoms with Gasteiger partial charge in [0.05, 0.1) is 32.6 Å². The van der Waals surface area contributed by atoms with Gasteiger partial charge in [-0.3, -0.25) is 19.4 Å². The van der Waals surface area contributed by atoms with Gasteiger partial charge in [-0.2, -0.15) is 5.10 Å². The van der Waals surface area contributed by atoms with E-state index in [-0.39, 0.29) is 17.8 Å². The van der Waals surface area contributed by atoms with Crippen LogP contribution in [0.3, 0.4) is 0 Å². The molecule has 1 saturated heterocycles. The van der Waals surface area contributed by atoms with E-state index in [1.165, 1.54) is 7.11 Å². The van der Waals surface area contributed by atoms with E-state index in [2.05, 4.69) is 15.0 Å². The lowest BCUT2D eigenvalue weighted by atomic mass is 10.2. The van der Waals surface area contributed by atoms with E-state index in [4.69, 9.17) is 9.47 Å². The van der Waals surface area contributed by atoms with Gasteiger partial charge in [-0.1, -0.05) is 24.3 Å². The predicted molar refractivity (Wildman–Crippen MR) is 132 cm³/mol. The van der Waals surface area contributed by atoms with Crippen molar-refractivity contribution in [2.45, 2.75) is 19.3 Å². The molecule has 35 heavy (non-hydrogen) atoms. The second kappa shape index (κ2) is 11.6. The summed E-state index contributed by atoms with van der Waals surface area (Å²) in [6, 6.07) is 9.06. The molecule has 3 heterocycles. The fourth-order valence-corrected chi connectivity index (χ4v) is 4.05. The summed E-state index contributed by atoms with van der Waals surface area (Å²) in [6.45, 7) is 2.95. The number of aromatic hydroxyl groups is 1. The maximum atomic E-state index is 13.1. The molecule has 3 aromatic rings. The molecule has 0 spiro atoms. The van der Waals surface area contributed by atoms with Crippen LogP contribution in [0.4, 0.5) is 0 Å². The summed E-state index contributed by atoms with van der Waals surface area (Å²) in [6.07, 6.45) is 11.1. The third-order valence-corrected chi connectivity index (χ3v) is 5.82. The van der Waals surface area contributed by atoms with Crippen LogP contribution >= 0.6 is 0 Å². The summed E-state index contributed by atoms with van der Waals surface area (Å²) >= 11 is 0. The number of pyridine rings is 1. The van der Waals surface area contributed by atoms with Crippen LogP contribution in [0, 0.1) is 0 Å². The van der Waals surface area contributed by atoms with Gasteiger partial charge in [-0.05, 0) is 29.3 Å². The molecule has 1 amide bonds. The number of aryl methyl sites for hydroxylation is 1. The summed E-state index contributed by atoms with van der Waals surface area (Å²) in [4.78, 5) is 21.2. The molecule has 9 heteroatoms. The zero-order valence-electron chi connectivity index (χ0n) is 20.1. The number of benzene rings is 1. The number of hydrogen-bond donors (Lipinski definition) is 1. The monoisotopic (exact) mass is 477 g/mol. The van der Waals surface area contributed by atoms with Gasteiger partial charge in [0.25, 0.3) is 0 Å². The number of rotatable bonds is 9. The van der Waals surface area contributed by atoms with Crippen molar-refractivity contribution in [3.05, 3.63) is 77.9 Å². The van der Waals surface area contributed by atoms with Crippen LogP contribution in [0.5, 0.6) is 11.5 Å². The van der Waals surface area contributed by atoms with Crippen LogP contribution in [0.1, 0.15) is 16.7 Å². The first-order valence-electron chi connectivity index (χ1n) is 11.5. The van der Waals surface area contributed by atoms with Gasteiger partial charge in [0.2, 0.25) is 5.91 Å². The van der Waals surface area contributed by atoms with E-state index in [0.717, 1.165) is 16.7 Å². The third-order valence-electron chi connectivity index (χ3n) is 5.82. The molecule has 1 unspecified atom stereocenters. The normalized spacial score (nSPS) is 17.1. The standard InChI is InChI=1S/C26H31N5O4/c1-29-14-22(13-28-29)15-31-17-23(35-19-21-5-3-9-27-12-21)16-30(18-26(31)33)10-4-6-20-7-8-24(32)25(11-20)34-2/h3-9,11-14,23,32H,10,15-19H2,1-2H3. The molecule has 4 rings (SSSR count). The van der Waals surface area contributed by atoms with Gasteiger partial charge in [-0.15, -0.1) is 0 Å². The van der Waals surface area contributed by atoms with Gasteiger partial charge in [-0.25, -0.2) is 0 Å². The fourth-order valence-electron chi connectivity index (χ4n) is 4.05. The molecule has 1 aromatic carbocycles. The van der Waals surface area contributed by atoms with E-state index in [1.807, 2.05) is 48.5 Å². The Hall–Kier alpha value is -3.69. The number of carbonyl (C=O) groups is 1. The molecule has 1 aliphatic rings. The number of ether oxygens (including phenoxy) is 2. The van der Waals surface area contributed by atoms with Crippen LogP contribution < -0.4 is 4.74 Å². The van der Waals surface area contributed by atoms with Gasteiger partial charge in [0.15, 0.2) is 11.5 Å². The van der Waals surface area contributed by atoms with Crippen molar-refractivity contribution >= 4 is 12.0 Å². The highest BCUT2D eigenvalue weighted by Gasteiger charge is 2.28. The second-order valence-corrected chi connectivity index (χ2v) is 8.62. The summed E-state index contributed by atoms with van der Waals surface area (Å²) in [7, 11) is 3.39. The van der Waals surface area contributed by atoms with E-state index in [9.17, 15) is 9.90 Å². The second-order valence-electron chi connectivity index (χ2n) is 8.62. The molecule has 0 bridgehead atoms. The van der Waals surface area contributed by atoms with Gasteiger partial charge >= 0.3 is 0 Å². The molecular weight excluding hydrogens is 446 g/mol. The molecule has 0 aliphatic carbocycles. The van der Waals surface area contributed by atoms with Crippen LogP contribution in [0.15, 0.2) is 61.2 Å². The molecule has 1 fully saturated rings. The molecule has 0 radical (unpaired) electrons. The Labute approximate surface area is 205 Å². The first-order chi connectivity index (χ1) is 17.0. The van der Waals surface area contributed by atoms with E-state index in [1.54, 1.807) is 35.4 Å². The van der Waals surface area contributed by atoms with Gasteiger partial charge in [0, 0.05) is 57.4 Å². The number of nitrogens with zero attached hydrogens (tertiary/aromatic N) is 5. The van der Waals surface area contributed by atoms with Crippen LogP contribution in [0.25, 0.3) is 6.08 Å². The summed E-state index contributed by atoms with van der Waals surface area (Å²) in [5, 5.41) is 14.0. The fraction of sp³-hybridized carbons (Fsp3) is 0.346. The summed E-state index contributed by atoms with van der Waals surface area (Å²) in [5.41, 5.74) is 2.89. The third kappa shape index (κ3) is 6.91. The predicted octanol–water partition coefficient (Wildman–Crippen LogP) is 2.47. The first kappa shape index (κ1) is 24.4.